The van der Waals surface area contributed by atoms with Crippen molar-refractivity contribution in [1.82, 2.24) is 0 Å². The Balaban J connectivity index is 1.71. The summed E-state index contributed by atoms with van der Waals surface area (Å²) >= 11 is 0. The van der Waals surface area contributed by atoms with E-state index in [1.807, 2.05) is 0 Å². The molecule has 0 aliphatic carbocycles. The summed E-state index contributed by atoms with van der Waals surface area (Å²) < 4.78 is 4.79. The number of ether oxygens (including phenoxy) is 1. The summed E-state index contributed by atoms with van der Waals surface area (Å²) in [7, 11) is 0. The monoisotopic (exact) mass is 308 g/mol. The highest BCUT2D eigenvalue weighted by atomic mass is 16.6. The molecule has 0 aromatic carbocycles. The lowest BCUT2D eigenvalue weighted by atomic mass is 9.95. The molecule has 0 radical (unpaired) electrons. The molecule has 1 fully saturated rings. The lowest BCUT2D eigenvalue weighted by molar-refractivity contribution is -0.157. The molecule has 0 aromatic heterocycles. The van der Waals surface area contributed by atoms with Gasteiger partial charge in [-0.25, -0.2) is 0 Å². The lowest BCUT2D eigenvalue weighted by Gasteiger charge is -2.26. The molecule has 1 heterocycles. The first-order chi connectivity index (χ1) is 10.8. The van der Waals surface area contributed by atoms with Crippen LogP contribution >= 0.6 is 0 Å². The zero-order chi connectivity index (χ0) is 16.0. The average Bonchev–Trinajstić information content (AvgIpc) is 2.51. The summed E-state index contributed by atoms with van der Waals surface area (Å²) in [6, 6.07) is 0. The van der Waals surface area contributed by atoms with Gasteiger partial charge in [0.25, 0.3) is 0 Å². The van der Waals surface area contributed by atoms with Crippen LogP contribution in [-0.2, 0) is 9.53 Å². The Morgan fingerprint density at radius 3 is 1.55 bits per heavy atom. The summed E-state index contributed by atoms with van der Waals surface area (Å²) in [6.45, 7) is 6.01. The molecule has 2 heteroatoms. The maximum atomic E-state index is 11.1. The molecule has 1 atom stereocenters. The summed E-state index contributed by atoms with van der Waals surface area (Å²) in [5.74, 6) is 0.622. The smallest absolute Gasteiger partial charge is 0.321 e. The molecule has 0 saturated carbocycles. The highest BCUT2D eigenvalue weighted by Gasteiger charge is 2.34. The zero-order valence-corrected chi connectivity index (χ0v) is 14.7. The number of carbonyl (C=O) groups excluding carboxylic acids is 1. The number of hydrogen-bond donors (Lipinski definition) is 0. The summed E-state index contributed by atoms with van der Waals surface area (Å²) in [4.78, 5) is 11.1. The largest absolute Gasteiger partial charge is 0.430 e. The average molecular weight is 309 g/mol. The third-order valence-corrected chi connectivity index (χ3v) is 4.75. The predicted octanol–water partition coefficient (Wildman–Crippen LogP) is 6.54. The third kappa shape index (κ3) is 8.60. The second kappa shape index (κ2) is 12.7. The summed E-state index contributed by atoms with van der Waals surface area (Å²) in [5.41, 5.74) is 0. The maximum Gasteiger partial charge on any atom is 0.321 e. The molecular weight excluding hydrogens is 272 g/mol. The van der Waals surface area contributed by atoms with Crippen molar-refractivity contribution in [2.75, 3.05) is 0 Å². The van der Waals surface area contributed by atoms with Crippen LogP contribution in [0.3, 0.4) is 0 Å². The van der Waals surface area contributed by atoms with Crippen LogP contribution < -0.4 is 0 Å². The van der Waals surface area contributed by atoms with Gasteiger partial charge in [-0.1, -0.05) is 103 Å². The van der Waals surface area contributed by atoms with Crippen LogP contribution in [0.2, 0.25) is 0 Å². The van der Waals surface area contributed by atoms with Gasteiger partial charge >= 0.3 is 5.97 Å². The van der Waals surface area contributed by atoms with Crippen molar-refractivity contribution in [3.8, 4) is 0 Å². The molecule has 22 heavy (non-hydrogen) atoms. The van der Waals surface area contributed by atoms with E-state index in [1.54, 1.807) is 0 Å². The first-order valence-electron chi connectivity index (χ1n) is 9.66. The third-order valence-electron chi connectivity index (χ3n) is 4.75. The number of cyclic esters (lactones) is 1. The summed E-state index contributed by atoms with van der Waals surface area (Å²) in [5, 5.41) is 0. The van der Waals surface area contributed by atoms with Crippen LogP contribution in [0.1, 0.15) is 103 Å². The maximum absolute atomic E-state index is 11.1. The molecule has 0 spiro atoms. The fourth-order valence-electron chi connectivity index (χ4n) is 3.17. The fraction of sp³-hybridized carbons (Fsp3) is 0.850. The van der Waals surface area contributed by atoms with Gasteiger partial charge in [0.05, 0.1) is 0 Å². The minimum atomic E-state index is -0.0697. The number of esters is 1. The lowest BCUT2D eigenvalue weighted by Crippen LogP contribution is -2.31. The molecule has 0 amide bonds. The van der Waals surface area contributed by atoms with E-state index in [1.165, 1.54) is 83.5 Å². The molecule has 0 bridgehead atoms. The van der Waals surface area contributed by atoms with E-state index in [9.17, 15) is 4.79 Å². The van der Waals surface area contributed by atoms with Crippen molar-refractivity contribution in [1.29, 1.82) is 0 Å². The van der Waals surface area contributed by atoms with Crippen molar-refractivity contribution in [3.63, 3.8) is 0 Å². The number of hydrogen-bond acceptors (Lipinski definition) is 2. The number of unbranched alkanes of at least 4 members (excludes halogenated alkanes) is 13. The van der Waals surface area contributed by atoms with E-state index >= 15 is 0 Å². The number of rotatable bonds is 15. The Morgan fingerprint density at radius 2 is 1.18 bits per heavy atom. The Kier molecular flexibility index (Phi) is 11.1. The molecule has 1 saturated heterocycles. The molecule has 2 nitrogen and oxygen atoms in total. The summed E-state index contributed by atoms with van der Waals surface area (Å²) in [6.07, 6.45) is 20.1. The quantitative estimate of drug-likeness (QED) is 0.253. The SMILES string of the molecule is C=C1OC(=O)C1CCCCCCCCCCCCCCCC. The Hall–Kier alpha value is -0.790. The van der Waals surface area contributed by atoms with Crippen molar-refractivity contribution in [2.24, 2.45) is 5.92 Å². The zero-order valence-electron chi connectivity index (χ0n) is 14.7. The van der Waals surface area contributed by atoms with E-state index in [0.29, 0.717) is 5.76 Å². The van der Waals surface area contributed by atoms with Crippen LogP contribution in [0.5, 0.6) is 0 Å². The highest BCUT2D eigenvalue weighted by Crippen LogP contribution is 2.29. The first-order valence-corrected chi connectivity index (χ1v) is 9.66. The van der Waals surface area contributed by atoms with Gasteiger partial charge < -0.3 is 4.74 Å². The van der Waals surface area contributed by atoms with Gasteiger partial charge in [0.1, 0.15) is 11.7 Å². The fourth-order valence-corrected chi connectivity index (χ4v) is 3.17. The molecule has 0 aromatic rings. The highest BCUT2D eigenvalue weighted by molar-refractivity contribution is 5.82. The van der Waals surface area contributed by atoms with E-state index in [2.05, 4.69) is 13.5 Å². The molecule has 0 N–H and O–H groups in total. The van der Waals surface area contributed by atoms with Crippen molar-refractivity contribution in [2.45, 2.75) is 103 Å². The van der Waals surface area contributed by atoms with Gasteiger partial charge in [0.15, 0.2) is 0 Å². The number of carbonyl (C=O) groups is 1. The van der Waals surface area contributed by atoms with E-state index < -0.39 is 0 Å². The van der Waals surface area contributed by atoms with Crippen LogP contribution in [0.15, 0.2) is 12.3 Å². The van der Waals surface area contributed by atoms with E-state index in [4.69, 9.17) is 4.74 Å². The van der Waals surface area contributed by atoms with Crippen molar-refractivity contribution in [3.05, 3.63) is 12.3 Å². The predicted molar refractivity (Wildman–Crippen MR) is 93.7 cm³/mol. The Labute approximate surface area is 137 Å². The van der Waals surface area contributed by atoms with Gasteiger partial charge in [-0.2, -0.15) is 0 Å². The standard InChI is InChI=1S/C20H36O2/c1-3-4-5-6-7-8-9-10-11-12-13-14-15-16-17-19-18(2)22-20(19)21/h19H,2-17H2,1H3. The van der Waals surface area contributed by atoms with Gasteiger partial charge in [-0.15, -0.1) is 0 Å². The van der Waals surface area contributed by atoms with E-state index in [0.717, 1.165) is 12.8 Å². The molecule has 1 aliphatic rings. The molecule has 1 aliphatic heterocycles. The van der Waals surface area contributed by atoms with Gasteiger partial charge in [-0.3, -0.25) is 4.79 Å². The molecule has 128 valence electrons. The van der Waals surface area contributed by atoms with Crippen LogP contribution in [0, 0.1) is 5.92 Å². The normalized spacial score (nSPS) is 17.4. The van der Waals surface area contributed by atoms with Crippen molar-refractivity contribution >= 4 is 5.97 Å². The molecule has 1 unspecified atom stereocenters. The van der Waals surface area contributed by atoms with Gasteiger partial charge in [-0.05, 0) is 6.42 Å². The topological polar surface area (TPSA) is 26.3 Å². The van der Waals surface area contributed by atoms with E-state index in [-0.39, 0.29) is 11.9 Å². The van der Waals surface area contributed by atoms with Crippen LogP contribution in [0.25, 0.3) is 0 Å². The van der Waals surface area contributed by atoms with Crippen LogP contribution in [-0.4, -0.2) is 5.97 Å². The van der Waals surface area contributed by atoms with Crippen molar-refractivity contribution < 1.29 is 9.53 Å². The van der Waals surface area contributed by atoms with Crippen LogP contribution in [0.4, 0.5) is 0 Å². The molecule has 1 rings (SSSR count). The Morgan fingerprint density at radius 1 is 0.773 bits per heavy atom. The first kappa shape index (κ1) is 19.3. The minimum absolute atomic E-state index is 0.0114. The van der Waals surface area contributed by atoms with Gasteiger partial charge in [0.2, 0.25) is 0 Å². The molecular formula is C20H36O2. The second-order valence-corrected chi connectivity index (χ2v) is 6.82. The second-order valence-electron chi connectivity index (χ2n) is 6.82. The minimum Gasteiger partial charge on any atom is -0.430 e. The van der Waals surface area contributed by atoms with Gasteiger partial charge in [0, 0.05) is 0 Å². The Bertz CT molecular complexity index is 295.